The van der Waals surface area contributed by atoms with Crippen LogP contribution in [0, 0.1) is 0 Å². The van der Waals surface area contributed by atoms with E-state index in [0.29, 0.717) is 18.7 Å². The third-order valence-electron chi connectivity index (χ3n) is 3.32. The first-order valence-corrected chi connectivity index (χ1v) is 7.14. The normalized spacial score (nSPS) is 11.9. The second-order valence-electron chi connectivity index (χ2n) is 4.87. The lowest BCUT2D eigenvalue weighted by atomic mass is 10.1. The van der Waals surface area contributed by atoms with Crippen LogP contribution in [-0.4, -0.2) is 47.9 Å². The van der Waals surface area contributed by atoms with Gasteiger partial charge < -0.3 is 20.8 Å². The van der Waals surface area contributed by atoms with E-state index in [0.717, 1.165) is 30.7 Å². The average molecular weight is 295 g/mol. The number of unbranched alkanes of at least 4 members (excludes halogenated alkanes) is 1. The summed E-state index contributed by atoms with van der Waals surface area (Å²) in [6.07, 6.45) is 2.17. The highest BCUT2D eigenvalue weighted by Crippen LogP contribution is 2.22. The number of hydrogen-bond acceptors (Lipinski definition) is 5. The number of benzene rings is 1. The molecule has 4 N–H and O–H groups in total. The highest BCUT2D eigenvalue weighted by Gasteiger charge is 2.11. The summed E-state index contributed by atoms with van der Waals surface area (Å²) >= 11 is 0. The van der Waals surface area contributed by atoms with Gasteiger partial charge >= 0.3 is 0 Å². The van der Waals surface area contributed by atoms with E-state index in [1.807, 2.05) is 6.07 Å². The van der Waals surface area contributed by atoms with Crippen molar-refractivity contribution in [1.29, 1.82) is 0 Å². The van der Waals surface area contributed by atoms with Crippen LogP contribution < -0.4 is 10.5 Å². The van der Waals surface area contributed by atoms with Crippen molar-refractivity contribution in [1.82, 2.24) is 4.90 Å². The van der Waals surface area contributed by atoms with Gasteiger partial charge in [-0.2, -0.15) is 0 Å². The molecule has 1 rings (SSSR count). The fourth-order valence-electron chi connectivity index (χ4n) is 2.15. The Morgan fingerprint density at radius 1 is 1.38 bits per heavy atom. The third kappa shape index (κ3) is 5.24. The molecule has 0 spiro atoms. The fourth-order valence-corrected chi connectivity index (χ4v) is 2.15. The van der Waals surface area contributed by atoms with Crippen LogP contribution in [0.25, 0.3) is 0 Å². The Kier molecular flexibility index (Phi) is 7.56. The summed E-state index contributed by atoms with van der Waals surface area (Å²) in [5.74, 6) is 0.824. The molecule has 0 fully saturated rings. The number of aliphatic hydroxyl groups is 1. The molecule has 0 saturated carbocycles. The van der Waals surface area contributed by atoms with Crippen molar-refractivity contribution in [3.05, 3.63) is 29.3 Å². The molecule has 6 nitrogen and oxygen atoms in total. The lowest BCUT2D eigenvalue weighted by Crippen LogP contribution is -2.28. The number of nitrogens with two attached hydrogens (primary N) is 1. The number of nitrogens with zero attached hydrogens (tertiary/aromatic N) is 2. The minimum Gasteiger partial charge on any atom is -0.496 e. The zero-order valence-electron chi connectivity index (χ0n) is 12.7. The van der Waals surface area contributed by atoms with Crippen LogP contribution in [-0.2, 0) is 6.54 Å². The van der Waals surface area contributed by atoms with Gasteiger partial charge in [-0.25, -0.2) is 0 Å². The van der Waals surface area contributed by atoms with Crippen LogP contribution in [0.2, 0.25) is 0 Å². The Morgan fingerprint density at radius 3 is 2.71 bits per heavy atom. The Labute approximate surface area is 125 Å². The Hall–Kier alpha value is -1.79. The molecule has 118 valence electrons. The first kappa shape index (κ1) is 17.3. The molecule has 0 amide bonds. The molecule has 0 atom stereocenters. The van der Waals surface area contributed by atoms with Gasteiger partial charge in [0, 0.05) is 24.2 Å². The maximum absolute atomic E-state index is 9.18. The van der Waals surface area contributed by atoms with Crippen molar-refractivity contribution >= 4 is 5.84 Å². The first-order valence-electron chi connectivity index (χ1n) is 7.14. The molecule has 0 aliphatic carbocycles. The molecule has 0 aliphatic rings. The van der Waals surface area contributed by atoms with E-state index < -0.39 is 0 Å². The first-order chi connectivity index (χ1) is 10.2. The molecule has 0 aliphatic heterocycles. The molecule has 0 saturated heterocycles. The lowest BCUT2D eigenvalue weighted by Gasteiger charge is -2.22. The predicted molar refractivity (Wildman–Crippen MR) is 82.8 cm³/mol. The summed E-state index contributed by atoms with van der Waals surface area (Å²) in [6, 6.07) is 5.41. The highest BCUT2D eigenvalue weighted by molar-refractivity contribution is 5.97. The molecule has 6 heteroatoms. The van der Waals surface area contributed by atoms with Crippen LogP contribution in [0.3, 0.4) is 0 Å². The molecule has 0 radical (unpaired) electrons. The van der Waals surface area contributed by atoms with Crippen molar-refractivity contribution in [2.75, 3.05) is 26.8 Å². The van der Waals surface area contributed by atoms with E-state index >= 15 is 0 Å². The van der Waals surface area contributed by atoms with Crippen LogP contribution in [0.15, 0.2) is 23.4 Å². The average Bonchev–Trinajstić information content (AvgIpc) is 2.51. The van der Waals surface area contributed by atoms with E-state index in [9.17, 15) is 5.11 Å². The summed E-state index contributed by atoms with van der Waals surface area (Å²) in [7, 11) is 1.62. The van der Waals surface area contributed by atoms with E-state index in [1.165, 1.54) is 0 Å². The van der Waals surface area contributed by atoms with Gasteiger partial charge in [-0.3, -0.25) is 4.90 Å². The van der Waals surface area contributed by atoms with Gasteiger partial charge in [0.15, 0.2) is 5.84 Å². The zero-order valence-corrected chi connectivity index (χ0v) is 12.7. The van der Waals surface area contributed by atoms with E-state index in [-0.39, 0.29) is 12.4 Å². The number of rotatable bonds is 9. The van der Waals surface area contributed by atoms with Crippen molar-refractivity contribution in [3.63, 3.8) is 0 Å². The quantitative estimate of drug-likeness (QED) is 0.277. The topological polar surface area (TPSA) is 91.3 Å². The predicted octanol–water partition coefficient (Wildman–Crippen LogP) is 1.38. The molecular formula is C15H25N3O3. The highest BCUT2D eigenvalue weighted by atomic mass is 16.5. The molecule has 0 heterocycles. The minimum atomic E-state index is 0.0705. The standard InChI is InChI=1S/C15H25N3O3/c1-3-4-7-18(8-9-19)11-13-10-12(15(16)17-20)5-6-14(13)21-2/h5-6,10,19-20H,3-4,7-9,11H2,1-2H3,(H2,16,17). The van der Waals surface area contributed by atoms with E-state index in [2.05, 4.69) is 17.0 Å². The van der Waals surface area contributed by atoms with Gasteiger partial charge in [-0.1, -0.05) is 18.5 Å². The number of amidine groups is 1. The summed E-state index contributed by atoms with van der Waals surface area (Å²) in [5, 5.41) is 21.0. The molecular weight excluding hydrogens is 270 g/mol. The number of aliphatic hydroxyl groups excluding tert-OH is 1. The third-order valence-corrected chi connectivity index (χ3v) is 3.32. The summed E-state index contributed by atoms with van der Waals surface area (Å²) < 4.78 is 5.36. The van der Waals surface area contributed by atoms with Gasteiger partial charge in [-0.15, -0.1) is 0 Å². The van der Waals surface area contributed by atoms with E-state index in [4.69, 9.17) is 15.7 Å². The van der Waals surface area contributed by atoms with Crippen molar-refractivity contribution < 1.29 is 15.1 Å². The van der Waals surface area contributed by atoms with Gasteiger partial charge in [0.1, 0.15) is 5.75 Å². The Morgan fingerprint density at radius 2 is 2.14 bits per heavy atom. The monoisotopic (exact) mass is 295 g/mol. The van der Waals surface area contributed by atoms with Crippen molar-refractivity contribution in [2.24, 2.45) is 10.9 Å². The number of methoxy groups -OCH3 is 1. The molecule has 21 heavy (non-hydrogen) atoms. The van der Waals surface area contributed by atoms with Gasteiger partial charge in [0.25, 0.3) is 0 Å². The smallest absolute Gasteiger partial charge is 0.170 e. The molecule has 0 bridgehead atoms. The Bertz CT molecular complexity index is 463. The van der Waals surface area contributed by atoms with Crippen LogP contribution >= 0.6 is 0 Å². The maximum Gasteiger partial charge on any atom is 0.170 e. The molecule has 1 aromatic rings. The van der Waals surface area contributed by atoms with Crippen LogP contribution in [0.4, 0.5) is 0 Å². The maximum atomic E-state index is 9.18. The van der Waals surface area contributed by atoms with Crippen molar-refractivity contribution in [3.8, 4) is 5.75 Å². The Balaban J connectivity index is 2.96. The molecule has 0 unspecified atom stereocenters. The number of oxime groups is 1. The van der Waals surface area contributed by atoms with Crippen molar-refractivity contribution in [2.45, 2.75) is 26.3 Å². The van der Waals surface area contributed by atoms with Gasteiger partial charge in [-0.05, 0) is 31.2 Å². The second-order valence-corrected chi connectivity index (χ2v) is 4.87. The van der Waals surface area contributed by atoms with Gasteiger partial charge in [0.2, 0.25) is 0 Å². The summed E-state index contributed by atoms with van der Waals surface area (Å²) in [4.78, 5) is 2.16. The lowest BCUT2D eigenvalue weighted by molar-refractivity contribution is 0.187. The molecule has 0 aromatic heterocycles. The second kappa shape index (κ2) is 9.20. The van der Waals surface area contributed by atoms with Crippen LogP contribution in [0.5, 0.6) is 5.75 Å². The summed E-state index contributed by atoms with van der Waals surface area (Å²) in [6.45, 7) is 4.42. The zero-order chi connectivity index (χ0) is 15.7. The largest absolute Gasteiger partial charge is 0.496 e. The van der Waals surface area contributed by atoms with Gasteiger partial charge in [0.05, 0.1) is 13.7 Å². The SMILES string of the molecule is CCCCN(CCO)Cc1cc(/C(N)=N/O)ccc1OC. The van der Waals surface area contributed by atoms with Crippen LogP contribution in [0.1, 0.15) is 30.9 Å². The number of ether oxygens (including phenoxy) is 1. The minimum absolute atomic E-state index is 0.0705. The molecule has 1 aromatic carbocycles. The number of hydrogen-bond donors (Lipinski definition) is 3. The summed E-state index contributed by atoms with van der Waals surface area (Å²) in [5.41, 5.74) is 7.23. The van der Waals surface area contributed by atoms with E-state index in [1.54, 1.807) is 19.2 Å². The fraction of sp³-hybridized carbons (Fsp3) is 0.533.